The van der Waals surface area contributed by atoms with Crippen molar-refractivity contribution in [3.63, 3.8) is 0 Å². The molecule has 6 nitrogen and oxygen atoms in total. The molecule has 2 fully saturated rings. The van der Waals surface area contributed by atoms with Crippen LogP contribution in [0.25, 0.3) is 10.9 Å². The Labute approximate surface area is 165 Å². The molecule has 148 valence electrons. The van der Waals surface area contributed by atoms with Gasteiger partial charge in [0, 0.05) is 43.9 Å². The van der Waals surface area contributed by atoms with E-state index >= 15 is 0 Å². The van der Waals surface area contributed by atoms with Crippen molar-refractivity contribution in [2.45, 2.75) is 39.2 Å². The predicted octanol–water partition coefficient (Wildman–Crippen LogP) is 2.24. The number of rotatable bonds is 3. The lowest BCUT2D eigenvalue weighted by molar-refractivity contribution is -0.145. The quantitative estimate of drug-likeness (QED) is 0.818. The summed E-state index contributed by atoms with van der Waals surface area (Å²) in [6.07, 6.45) is 1.84. The zero-order valence-corrected chi connectivity index (χ0v) is 16.6. The molecule has 0 saturated carbocycles. The van der Waals surface area contributed by atoms with Gasteiger partial charge < -0.3 is 14.5 Å². The zero-order chi connectivity index (χ0) is 19.7. The predicted molar refractivity (Wildman–Crippen MR) is 107 cm³/mol. The van der Waals surface area contributed by atoms with Gasteiger partial charge in [0.05, 0.1) is 11.9 Å². The summed E-state index contributed by atoms with van der Waals surface area (Å²) in [4.78, 5) is 33.8. The molecule has 2 aliphatic heterocycles. The summed E-state index contributed by atoms with van der Waals surface area (Å²) in [5.41, 5.74) is 4.02. The summed E-state index contributed by atoms with van der Waals surface area (Å²) >= 11 is 0. The Morgan fingerprint density at radius 3 is 2.54 bits per heavy atom. The fourth-order valence-corrected chi connectivity index (χ4v) is 4.25. The van der Waals surface area contributed by atoms with Gasteiger partial charge in [-0.15, -0.1) is 0 Å². The van der Waals surface area contributed by atoms with Gasteiger partial charge in [0.15, 0.2) is 0 Å². The average molecular weight is 381 g/mol. The highest BCUT2D eigenvalue weighted by Gasteiger charge is 2.31. The minimum atomic E-state index is -0.281. The van der Waals surface area contributed by atoms with E-state index in [2.05, 4.69) is 18.0 Å². The maximum Gasteiger partial charge on any atom is 0.251 e. The molecule has 2 aromatic rings. The normalized spacial score (nSPS) is 20.0. The smallest absolute Gasteiger partial charge is 0.251 e. The van der Waals surface area contributed by atoms with Crippen LogP contribution in [-0.4, -0.2) is 65.5 Å². The van der Waals surface area contributed by atoms with Crippen molar-refractivity contribution in [3.8, 4) is 0 Å². The molecule has 1 aromatic carbocycles. The van der Waals surface area contributed by atoms with Crippen LogP contribution in [0, 0.1) is 13.8 Å². The Hall–Kier alpha value is -2.47. The van der Waals surface area contributed by atoms with Gasteiger partial charge in [0.25, 0.3) is 5.91 Å². The first-order valence-corrected chi connectivity index (χ1v) is 10.1. The van der Waals surface area contributed by atoms with Crippen LogP contribution in [0.3, 0.4) is 0 Å². The maximum absolute atomic E-state index is 12.9. The van der Waals surface area contributed by atoms with Gasteiger partial charge in [0.2, 0.25) is 5.91 Å². The summed E-state index contributed by atoms with van der Waals surface area (Å²) in [6, 6.07) is 8.05. The zero-order valence-electron chi connectivity index (χ0n) is 16.6. The number of nitrogens with zero attached hydrogens (tertiary/aromatic N) is 3. The minimum absolute atomic E-state index is 0.0787. The van der Waals surface area contributed by atoms with Crippen molar-refractivity contribution in [1.29, 1.82) is 0 Å². The highest BCUT2D eigenvalue weighted by molar-refractivity contribution is 5.87. The van der Waals surface area contributed by atoms with Crippen LogP contribution in [0.1, 0.15) is 29.7 Å². The molecule has 0 aliphatic carbocycles. The lowest BCUT2D eigenvalue weighted by Crippen LogP contribution is -2.53. The van der Waals surface area contributed by atoms with Crippen molar-refractivity contribution in [2.75, 3.05) is 32.8 Å². The number of ether oxygens (including phenoxy) is 1. The maximum atomic E-state index is 12.9. The number of aromatic nitrogens is 1. The lowest BCUT2D eigenvalue weighted by Gasteiger charge is -2.36. The van der Waals surface area contributed by atoms with Gasteiger partial charge in [-0.2, -0.15) is 0 Å². The van der Waals surface area contributed by atoms with Gasteiger partial charge in [0.1, 0.15) is 6.10 Å². The standard InChI is InChI=1S/C22H27N3O3/c1-15-17-6-3-4-7-19(17)23-16(2)18(15)14-21(26)24-9-11-25(12-10-24)22(27)20-8-5-13-28-20/h3-4,6-7,20H,5,8-14H2,1-2H3. The van der Waals surface area contributed by atoms with Crippen LogP contribution in [0.15, 0.2) is 24.3 Å². The Morgan fingerprint density at radius 1 is 1.11 bits per heavy atom. The van der Waals surface area contributed by atoms with Crippen molar-refractivity contribution < 1.29 is 14.3 Å². The monoisotopic (exact) mass is 381 g/mol. The highest BCUT2D eigenvalue weighted by atomic mass is 16.5. The van der Waals surface area contributed by atoms with Gasteiger partial charge >= 0.3 is 0 Å². The number of piperazine rings is 1. The Balaban J connectivity index is 1.41. The molecule has 0 N–H and O–H groups in total. The summed E-state index contributed by atoms with van der Waals surface area (Å²) in [7, 11) is 0. The number of para-hydroxylation sites is 1. The van der Waals surface area contributed by atoms with Crippen molar-refractivity contribution in [3.05, 3.63) is 41.1 Å². The van der Waals surface area contributed by atoms with Crippen molar-refractivity contribution >= 4 is 22.7 Å². The van der Waals surface area contributed by atoms with E-state index in [1.54, 1.807) is 0 Å². The molecule has 0 spiro atoms. The molecular formula is C22H27N3O3. The molecule has 2 amide bonds. The van der Waals surface area contributed by atoms with Crippen LogP contribution < -0.4 is 0 Å². The number of pyridine rings is 1. The van der Waals surface area contributed by atoms with Crippen molar-refractivity contribution in [1.82, 2.24) is 14.8 Å². The van der Waals surface area contributed by atoms with E-state index < -0.39 is 0 Å². The van der Waals surface area contributed by atoms with Crippen molar-refractivity contribution in [2.24, 2.45) is 0 Å². The first kappa shape index (κ1) is 18.9. The molecule has 28 heavy (non-hydrogen) atoms. The third-order valence-electron chi connectivity index (χ3n) is 5.96. The number of benzene rings is 1. The average Bonchev–Trinajstić information content (AvgIpc) is 3.25. The van der Waals surface area contributed by atoms with Crippen LogP contribution in [0.2, 0.25) is 0 Å². The molecule has 2 saturated heterocycles. The third-order valence-corrected chi connectivity index (χ3v) is 5.96. The molecule has 4 rings (SSSR count). The number of hydrogen-bond acceptors (Lipinski definition) is 4. The van der Waals surface area contributed by atoms with Crippen LogP contribution >= 0.6 is 0 Å². The van der Waals surface area contributed by atoms with Crippen LogP contribution in [0.5, 0.6) is 0 Å². The van der Waals surface area contributed by atoms with Crippen LogP contribution in [0.4, 0.5) is 0 Å². The fraction of sp³-hybridized carbons (Fsp3) is 0.500. The van der Waals surface area contributed by atoms with Gasteiger partial charge in [-0.1, -0.05) is 18.2 Å². The first-order valence-electron chi connectivity index (χ1n) is 10.1. The van der Waals surface area contributed by atoms with Gasteiger partial charge in [-0.3, -0.25) is 14.6 Å². The summed E-state index contributed by atoms with van der Waals surface area (Å²) in [5.74, 6) is 0.183. The second-order valence-electron chi connectivity index (χ2n) is 7.70. The second kappa shape index (κ2) is 7.87. The first-order chi connectivity index (χ1) is 13.5. The van der Waals surface area contributed by atoms with Crippen LogP contribution in [-0.2, 0) is 20.7 Å². The number of fused-ring (bicyclic) bond motifs is 1. The van der Waals surface area contributed by atoms with E-state index in [0.717, 1.165) is 40.6 Å². The Morgan fingerprint density at radius 2 is 1.82 bits per heavy atom. The number of carbonyl (C=O) groups excluding carboxylic acids is 2. The second-order valence-corrected chi connectivity index (χ2v) is 7.70. The molecule has 1 atom stereocenters. The van der Waals surface area contributed by atoms with E-state index in [1.165, 1.54) is 0 Å². The fourth-order valence-electron chi connectivity index (χ4n) is 4.25. The topological polar surface area (TPSA) is 62.7 Å². The molecule has 1 unspecified atom stereocenters. The van der Waals surface area contributed by atoms with Gasteiger partial charge in [-0.05, 0) is 43.9 Å². The molecule has 6 heteroatoms. The molecule has 0 bridgehead atoms. The highest BCUT2D eigenvalue weighted by Crippen LogP contribution is 2.23. The summed E-state index contributed by atoms with van der Waals surface area (Å²) in [5, 5.41) is 1.10. The number of carbonyl (C=O) groups is 2. The van der Waals surface area contributed by atoms with E-state index in [4.69, 9.17) is 4.74 Å². The van der Waals surface area contributed by atoms with E-state index in [-0.39, 0.29) is 17.9 Å². The largest absolute Gasteiger partial charge is 0.368 e. The molecule has 2 aliphatic rings. The van der Waals surface area contributed by atoms with E-state index in [1.807, 2.05) is 34.9 Å². The van der Waals surface area contributed by atoms with E-state index in [9.17, 15) is 9.59 Å². The molecular weight excluding hydrogens is 354 g/mol. The number of hydrogen-bond donors (Lipinski definition) is 0. The molecule has 3 heterocycles. The lowest BCUT2D eigenvalue weighted by atomic mass is 9.99. The Kier molecular flexibility index (Phi) is 5.31. The number of aryl methyl sites for hydroxylation is 2. The minimum Gasteiger partial charge on any atom is -0.368 e. The third kappa shape index (κ3) is 3.61. The molecule has 1 aromatic heterocycles. The van der Waals surface area contributed by atoms with Gasteiger partial charge in [-0.25, -0.2) is 0 Å². The van der Waals surface area contributed by atoms with E-state index in [0.29, 0.717) is 39.2 Å². The number of amides is 2. The summed E-state index contributed by atoms with van der Waals surface area (Å²) < 4.78 is 5.50. The SMILES string of the molecule is Cc1nc2ccccc2c(C)c1CC(=O)N1CCN(C(=O)C2CCCO2)CC1. The Bertz CT molecular complexity index is 897. The summed E-state index contributed by atoms with van der Waals surface area (Å²) in [6.45, 7) is 7.04. The molecule has 0 radical (unpaired) electrons.